The van der Waals surface area contributed by atoms with Gasteiger partial charge in [-0.05, 0) is 25.0 Å². The first-order chi connectivity index (χ1) is 6.27. The zero-order valence-corrected chi connectivity index (χ0v) is 9.44. The molecule has 0 spiro atoms. The number of aliphatic hydroxyl groups excluding tert-OH is 1. The summed E-state index contributed by atoms with van der Waals surface area (Å²) in [6.07, 6.45) is 3.60. The van der Waals surface area contributed by atoms with Crippen LogP contribution in [0.15, 0.2) is 0 Å². The molecule has 1 saturated heterocycles. The summed E-state index contributed by atoms with van der Waals surface area (Å²) in [5, 5.41) is 13.3. The molecule has 3 atom stereocenters. The average Bonchev–Trinajstić information content (AvgIpc) is 2.17. The smallest absolute Gasteiger partial charge is 0.0584 e. The molecule has 1 heterocycles. The predicted octanol–water partition coefficient (Wildman–Crippen LogP) is 1.63. The molecule has 1 aliphatic heterocycles. The van der Waals surface area contributed by atoms with Crippen molar-refractivity contribution in [1.29, 1.82) is 0 Å². The molecule has 2 N–H and O–H groups in total. The second kappa shape index (κ2) is 5.89. The Hall–Kier alpha value is 0.270. The standard InChI is InChI=1S/C10H21NOS/c1-3-9(7-12)11-10-5-4-6-13-8(10)2/h8-12H,3-7H2,1-2H3/t8?,9-,10?/m1/s1. The highest BCUT2D eigenvalue weighted by Gasteiger charge is 2.23. The Bertz CT molecular complexity index is 139. The number of thioether (sulfide) groups is 1. The summed E-state index contributed by atoms with van der Waals surface area (Å²) in [4.78, 5) is 0. The molecule has 0 aromatic carbocycles. The highest BCUT2D eigenvalue weighted by molar-refractivity contribution is 7.99. The first kappa shape index (κ1) is 11.3. The molecule has 3 heteroatoms. The van der Waals surface area contributed by atoms with Crippen LogP contribution < -0.4 is 5.32 Å². The highest BCUT2D eigenvalue weighted by atomic mass is 32.2. The first-order valence-corrected chi connectivity index (χ1v) is 6.31. The Morgan fingerprint density at radius 3 is 2.92 bits per heavy atom. The summed E-state index contributed by atoms with van der Waals surface area (Å²) >= 11 is 2.04. The second-order valence-corrected chi connectivity index (χ2v) is 5.26. The van der Waals surface area contributed by atoms with Gasteiger partial charge in [0.2, 0.25) is 0 Å². The molecule has 0 aromatic heterocycles. The predicted molar refractivity (Wildman–Crippen MR) is 59.2 cm³/mol. The lowest BCUT2D eigenvalue weighted by Gasteiger charge is -2.32. The molecular weight excluding hydrogens is 182 g/mol. The third-order valence-corrected chi connectivity index (χ3v) is 4.15. The third-order valence-electron chi connectivity index (χ3n) is 2.77. The van der Waals surface area contributed by atoms with Crippen LogP contribution in [0.4, 0.5) is 0 Å². The van der Waals surface area contributed by atoms with Crippen LogP contribution in [0, 0.1) is 0 Å². The second-order valence-electron chi connectivity index (χ2n) is 3.78. The van der Waals surface area contributed by atoms with Crippen molar-refractivity contribution in [3.05, 3.63) is 0 Å². The van der Waals surface area contributed by atoms with Crippen LogP contribution in [0.25, 0.3) is 0 Å². The van der Waals surface area contributed by atoms with Crippen molar-refractivity contribution in [3.8, 4) is 0 Å². The number of nitrogens with one attached hydrogen (secondary N) is 1. The van der Waals surface area contributed by atoms with Gasteiger partial charge in [-0.2, -0.15) is 11.8 Å². The molecule has 1 rings (SSSR count). The van der Waals surface area contributed by atoms with Crippen LogP contribution in [0.3, 0.4) is 0 Å². The quantitative estimate of drug-likeness (QED) is 0.728. The number of hydrogen-bond donors (Lipinski definition) is 2. The van der Waals surface area contributed by atoms with E-state index in [0.717, 1.165) is 6.42 Å². The molecular formula is C10H21NOS. The highest BCUT2D eigenvalue weighted by Crippen LogP contribution is 2.25. The summed E-state index contributed by atoms with van der Waals surface area (Å²) in [7, 11) is 0. The Morgan fingerprint density at radius 1 is 1.62 bits per heavy atom. The number of aliphatic hydroxyl groups is 1. The van der Waals surface area contributed by atoms with E-state index in [1.54, 1.807) is 0 Å². The summed E-state index contributed by atoms with van der Waals surface area (Å²) in [6.45, 7) is 4.67. The van der Waals surface area contributed by atoms with Crippen molar-refractivity contribution < 1.29 is 5.11 Å². The molecule has 2 nitrogen and oxygen atoms in total. The zero-order valence-electron chi connectivity index (χ0n) is 8.62. The van der Waals surface area contributed by atoms with E-state index in [2.05, 4.69) is 19.2 Å². The van der Waals surface area contributed by atoms with Crippen LogP contribution in [-0.4, -0.2) is 34.8 Å². The van der Waals surface area contributed by atoms with E-state index in [-0.39, 0.29) is 6.61 Å². The van der Waals surface area contributed by atoms with Gasteiger partial charge in [-0.3, -0.25) is 0 Å². The lowest BCUT2D eigenvalue weighted by molar-refractivity contribution is 0.224. The largest absolute Gasteiger partial charge is 0.395 e. The van der Waals surface area contributed by atoms with Gasteiger partial charge in [0.05, 0.1) is 6.61 Å². The fraction of sp³-hybridized carbons (Fsp3) is 1.00. The Labute approximate surface area is 85.5 Å². The van der Waals surface area contributed by atoms with Gasteiger partial charge in [0.15, 0.2) is 0 Å². The maximum Gasteiger partial charge on any atom is 0.0584 e. The van der Waals surface area contributed by atoms with Crippen LogP contribution in [0.1, 0.15) is 33.1 Å². The fourth-order valence-corrected chi connectivity index (χ4v) is 2.90. The molecule has 78 valence electrons. The lowest BCUT2D eigenvalue weighted by atomic mass is 10.1. The molecule has 1 aliphatic rings. The van der Waals surface area contributed by atoms with Gasteiger partial charge in [-0.25, -0.2) is 0 Å². The minimum Gasteiger partial charge on any atom is -0.395 e. The lowest BCUT2D eigenvalue weighted by Crippen LogP contribution is -2.46. The Kier molecular flexibility index (Phi) is 5.14. The molecule has 0 saturated carbocycles. The van der Waals surface area contributed by atoms with Gasteiger partial charge in [-0.15, -0.1) is 0 Å². The van der Waals surface area contributed by atoms with Crippen molar-refractivity contribution >= 4 is 11.8 Å². The van der Waals surface area contributed by atoms with Crippen molar-refractivity contribution in [2.24, 2.45) is 0 Å². The maximum absolute atomic E-state index is 9.07. The number of rotatable bonds is 4. The van der Waals surface area contributed by atoms with Crippen molar-refractivity contribution in [2.45, 2.75) is 50.4 Å². The molecule has 0 aliphatic carbocycles. The van der Waals surface area contributed by atoms with E-state index in [1.165, 1.54) is 18.6 Å². The summed E-state index contributed by atoms with van der Waals surface area (Å²) in [6, 6.07) is 0.905. The van der Waals surface area contributed by atoms with Crippen LogP contribution in [0.2, 0.25) is 0 Å². The average molecular weight is 203 g/mol. The van der Waals surface area contributed by atoms with Crippen molar-refractivity contribution in [1.82, 2.24) is 5.32 Å². The zero-order chi connectivity index (χ0) is 9.68. The third kappa shape index (κ3) is 3.49. The van der Waals surface area contributed by atoms with E-state index in [4.69, 9.17) is 5.11 Å². The van der Waals surface area contributed by atoms with E-state index >= 15 is 0 Å². The van der Waals surface area contributed by atoms with E-state index < -0.39 is 0 Å². The van der Waals surface area contributed by atoms with Crippen LogP contribution in [0.5, 0.6) is 0 Å². The van der Waals surface area contributed by atoms with Crippen molar-refractivity contribution in [3.63, 3.8) is 0 Å². The first-order valence-electron chi connectivity index (χ1n) is 5.26. The fourth-order valence-electron chi connectivity index (χ4n) is 1.74. The molecule has 0 bridgehead atoms. The van der Waals surface area contributed by atoms with Crippen LogP contribution in [-0.2, 0) is 0 Å². The van der Waals surface area contributed by atoms with Gasteiger partial charge >= 0.3 is 0 Å². The van der Waals surface area contributed by atoms with Gasteiger partial charge in [0.1, 0.15) is 0 Å². The maximum atomic E-state index is 9.07. The van der Waals surface area contributed by atoms with Gasteiger partial charge in [0.25, 0.3) is 0 Å². The molecule has 13 heavy (non-hydrogen) atoms. The monoisotopic (exact) mass is 203 g/mol. The Balaban J connectivity index is 2.32. The molecule has 2 unspecified atom stereocenters. The summed E-state index contributed by atoms with van der Waals surface area (Å²) < 4.78 is 0. The molecule has 0 aromatic rings. The van der Waals surface area contributed by atoms with Gasteiger partial charge in [0, 0.05) is 17.3 Å². The van der Waals surface area contributed by atoms with Crippen LogP contribution >= 0.6 is 11.8 Å². The SMILES string of the molecule is CC[C@H](CO)NC1CCCSC1C. The Morgan fingerprint density at radius 2 is 2.38 bits per heavy atom. The normalized spacial score (nSPS) is 31.6. The molecule has 1 fully saturated rings. The topological polar surface area (TPSA) is 32.3 Å². The number of hydrogen-bond acceptors (Lipinski definition) is 3. The van der Waals surface area contributed by atoms with E-state index in [0.29, 0.717) is 17.3 Å². The van der Waals surface area contributed by atoms with E-state index in [1.807, 2.05) is 11.8 Å². The van der Waals surface area contributed by atoms with Gasteiger partial charge in [-0.1, -0.05) is 13.8 Å². The minimum absolute atomic E-state index is 0.268. The summed E-state index contributed by atoms with van der Waals surface area (Å²) in [5.74, 6) is 1.30. The molecule has 0 amide bonds. The van der Waals surface area contributed by atoms with Gasteiger partial charge < -0.3 is 10.4 Å². The van der Waals surface area contributed by atoms with Crippen molar-refractivity contribution in [2.75, 3.05) is 12.4 Å². The van der Waals surface area contributed by atoms with E-state index in [9.17, 15) is 0 Å². The summed E-state index contributed by atoms with van der Waals surface area (Å²) in [5.41, 5.74) is 0. The molecule has 0 radical (unpaired) electrons. The minimum atomic E-state index is 0.268.